The van der Waals surface area contributed by atoms with Crippen LogP contribution in [0.3, 0.4) is 0 Å². The molecule has 0 bridgehead atoms. The first-order valence-corrected chi connectivity index (χ1v) is 9.06. The summed E-state index contributed by atoms with van der Waals surface area (Å²) in [6, 6.07) is 17.3. The molecule has 0 aromatic heterocycles. The lowest BCUT2D eigenvalue weighted by Crippen LogP contribution is -2.40. The van der Waals surface area contributed by atoms with E-state index in [0.29, 0.717) is 38.1 Å². The van der Waals surface area contributed by atoms with E-state index < -0.39 is 0 Å². The molecule has 0 unspecified atom stereocenters. The standard InChI is InChI=1S/C21H24N2O3/c1-2-26-21(25)16-12-14-23(15-13-16)20(24)18-10-6-7-11-19(18)22-17-8-4-3-5-9-17/h3-11,16,22H,2,12-15H2,1H3. The minimum Gasteiger partial charge on any atom is -0.466 e. The Morgan fingerprint density at radius 3 is 2.38 bits per heavy atom. The van der Waals surface area contributed by atoms with Crippen LogP contribution in [0.2, 0.25) is 0 Å². The number of benzene rings is 2. The number of amides is 1. The van der Waals surface area contributed by atoms with E-state index in [1.165, 1.54) is 0 Å². The fourth-order valence-corrected chi connectivity index (χ4v) is 3.20. The van der Waals surface area contributed by atoms with E-state index in [4.69, 9.17) is 4.74 Å². The van der Waals surface area contributed by atoms with Gasteiger partial charge < -0.3 is 15.0 Å². The Morgan fingerprint density at radius 1 is 1.04 bits per heavy atom. The number of likely N-dealkylation sites (tertiary alicyclic amines) is 1. The van der Waals surface area contributed by atoms with Crippen molar-refractivity contribution in [2.24, 2.45) is 5.92 Å². The molecule has 0 spiro atoms. The Morgan fingerprint density at radius 2 is 1.69 bits per heavy atom. The Balaban J connectivity index is 1.68. The van der Waals surface area contributed by atoms with Crippen LogP contribution in [-0.2, 0) is 9.53 Å². The zero-order valence-electron chi connectivity index (χ0n) is 15.0. The van der Waals surface area contributed by atoms with E-state index >= 15 is 0 Å². The molecule has 1 aliphatic rings. The van der Waals surface area contributed by atoms with Gasteiger partial charge in [0.25, 0.3) is 5.91 Å². The van der Waals surface area contributed by atoms with Gasteiger partial charge in [-0.25, -0.2) is 0 Å². The normalized spacial score (nSPS) is 14.7. The molecule has 5 nitrogen and oxygen atoms in total. The van der Waals surface area contributed by atoms with Crippen LogP contribution in [0.15, 0.2) is 54.6 Å². The highest BCUT2D eigenvalue weighted by Crippen LogP contribution is 2.25. The minimum atomic E-state index is -0.147. The van der Waals surface area contributed by atoms with Crippen LogP contribution in [0.25, 0.3) is 0 Å². The van der Waals surface area contributed by atoms with Crippen LogP contribution >= 0.6 is 0 Å². The molecule has 2 aromatic carbocycles. The lowest BCUT2D eigenvalue weighted by atomic mass is 9.96. The summed E-state index contributed by atoms with van der Waals surface area (Å²) in [6.45, 7) is 3.35. The molecular weight excluding hydrogens is 328 g/mol. The lowest BCUT2D eigenvalue weighted by molar-refractivity contribution is -0.149. The molecule has 0 radical (unpaired) electrons. The van der Waals surface area contributed by atoms with Crippen molar-refractivity contribution in [2.75, 3.05) is 25.0 Å². The van der Waals surface area contributed by atoms with Gasteiger partial charge in [0.05, 0.1) is 23.8 Å². The summed E-state index contributed by atoms with van der Waals surface area (Å²) in [5.41, 5.74) is 2.37. The second-order valence-corrected chi connectivity index (χ2v) is 6.36. The molecule has 1 heterocycles. The number of hydrogen-bond acceptors (Lipinski definition) is 4. The van der Waals surface area contributed by atoms with Crippen molar-refractivity contribution in [1.29, 1.82) is 0 Å². The number of piperidine rings is 1. The van der Waals surface area contributed by atoms with Gasteiger partial charge in [0, 0.05) is 18.8 Å². The Bertz CT molecular complexity index is 753. The number of esters is 1. The Kier molecular flexibility index (Phi) is 5.89. The maximum absolute atomic E-state index is 13.0. The predicted molar refractivity (Wildman–Crippen MR) is 101 cm³/mol. The molecule has 0 saturated carbocycles. The quantitative estimate of drug-likeness (QED) is 0.831. The average Bonchev–Trinajstić information content (AvgIpc) is 2.69. The SMILES string of the molecule is CCOC(=O)C1CCN(C(=O)c2ccccc2Nc2ccccc2)CC1. The van der Waals surface area contributed by atoms with Crippen LogP contribution in [0, 0.1) is 5.92 Å². The molecule has 1 fully saturated rings. The van der Waals surface area contributed by atoms with Gasteiger partial charge in [0.15, 0.2) is 0 Å². The number of nitrogens with zero attached hydrogens (tertiary/aromatic N) is 1. The predicted octanol–water partition coefficient (Wildman–Crippen LogP) is 3.85. The molecule has 5 heteroatoms. The third-order valence-electron chi connectivity index (χ3n) is 4.61. The van der Waals surface area contributed by atoms with Gasteiger partial charge in [-0.2, -0.15) is 0 Å². The largest absolute Gasteiger partial charge is 0.466 e. The molecule has 26 heavy (non-hydrogen) atoms. The molecule has 1 aliphatic heterocycles. The van der Waals surface area contributed by atoms with Gasteiger partial charge in [-0.15, -0.1) is 0 Å². The highest BCUT2D eigenvalue weighted by molar-refractivity contribution is 6.00. The van der Waals surface area contributed by atoms with Crippen LogP contribution in [-0.4, -0.2) is 36.5 Å². The van der Waals surface area contributed by atoms with Gasteiger partial charge >= 0.3 is 5.97 Å². The fourth-order valence-electron chi connectivity index (χ4n) is 3.20. The zero-order valence-corrected chi connectivity index (χ0v) is 15.0. The topological polar surface area (TPSA) is 58.6 Å². The number of anilines is 2. The smallest absolute Gasteiger partial charge is 0.309 e. The summed E-state index contributed by atoms with van der Waals surface area (Å²) in [4.78, 5) is 26.7. The first kappa shape index (κ1) is 18.0. The van der Waals surface area contributed by atoms with Crippen molar-refractivity contribution < 1.29 is 14.3 Å². The molecular formula is C21H24N2O3. The Hall–Kier alpha value is -2.82. The number of carbonyl (C=O) groups excluding carboxylic acids is 2. The summed E-state index contributed by atoms with van der Waals surface area (Å²) < 4.78 is 5.09. The summed E-state index contributed by atoms with van der Waals surface area (Å²) in [5, 5.41) is 3.31. The van der Waals surface area contributed by atoms with Crippen LogP contribution in [0.4, 0.5) is 11.4 Å². The minimum absolute atomic E-state index is 0.00802. The summed E-state index contributed by atoms with van der Waals surface area (Å²) >= 11 is 0. The van der Waals surface area contributed by atoms with Crippen molar-refractivity contribution >= 4 is 23.3 Å². The second kappa shape index (κ2) is 8.52. The first-order valence-electron chi connectivity index (χ1n) is 9.06. The summed E-state index contributed by atoms with van der Waals surface area (Å²) in [7, 11) is 0. The van der Waals surface area contributed by atoms with E-state index in [-0.39, 0.29) is 17.8 Å². The van der Waals surface area contributed by atoms with Crippen molar-refractivity contribution in [3.05, 3.63) is 60.2 Å². The van der Waals surface area contributed by atoms with E-state index in [9.17, 15) is 9.59 Å². The molecule has 2 aromatic rings. The molecule has 1 amide bonds. The second-order valence-electron chi connectivity index (χ2n) is 6.36. The van der Waals surface area contributed by atoms with Gasteiger partial charge in [0.2, 0.25) is 0 Å². The van der Waals surface area contributed by atoms with Crippen molar-refractivity contribution in [3.63, 3.8) is 0 Å². The van der Waals surface area contributed by atoms with E-state index in [0.717, 1.165) is 11.4 Å². The van der Waals surface area contributed by atoms with Gasteiger partial charge in [0.1, 0.15) is 0 Å². The molecule has 0 atom stereocenters. The highest BCUT2D eigenvalue weighted by Gasteiger charge is 2.29. The van der Waals surface area contributed by atoms with Gasteiger partial charge in [-0.3, -0.25) is 9.59 Å². The number of carbonyl (C=O) groups is 2. The van der Waals surface area contributed by atoms with Crippen LogP contribution in [0.1, 0.15) is 30.1 Å². The van der Waals surface area contributed by atoms with Crippen LogP contribution < -0.4 is 5.32 Å². The third-order valence-corrected chi connectivity index (χ3v) is 4.61. The first-order chi connectivity index (χ1) is 12.7. The number of ether oxygens (including phenoxy) is 1. The van der Waals surface area contributed by atoms with Crippen molar-refractivity contribution in [3.8, 4) is 0 Å². The van der Waals surface area contributed by atoms with Crippen LogP contribution in [0.5, 0.6) is 0 Å². The molecule has 136 valence electrons. The van der Waals surface area contributed by atoms with Gasteiger partial charge in [-0.05, 0) is 44.0 Å². The maximum Gasteiger partial charge on any atom is 0.309 e. The van der Waals surface area contributed by atoms with E-state index in [2.05, 4.69) is 5.32 Å². The number of para-hydroxylation sites is 2. The summed E-state index contributed by atoms with van der Waals surface area (Å²) in [5.74, 6) is -0.256. The lowest BCUT2D eigenvalue weighted by Gasteiger charge is -2.31. The molecule has 1 N–H and O–H groups in total. The van der Waals surface area contributed by atoms with E-state index in [1.807, 2.05) is 66.4 Å². The van der Waals surface area contributed by atoms with E-state index in [1.54, 1.807) is 0 Å². The maximum atomic E-state index is 13.0. The highest BCUT2D eigenvalue weighted by atomic mass is 16.5. The number of hydrogen-bond donors (Lipinski definition) is 1. The Labute approximate surface area is 154 Å². The summed E-state index contributed by atoms with van der Waals surface area (Å²) in [6.07, 6.45) is 1.30. The fraction of sp³-hybridized carbons (Fsp3) is 0.333. The number of rotatable bonds is 5. The van der Waals surface area contributed by atoms with Crippen molar-refractivity contribution in [1.82, 2.24) is 4.90 Å². The monoisotopic (exact) mass is 352 g/mol. The van der Waals surface area contributed by atoms with Gasteiger partial charge in [-0.1, -0.05) is 30.3 Å². The molecule has 3 rings (SSSR count). The zero-order chi connectivity index (χ0) is 18.4. The molecule has 0 aliphatic carbocycles. The third kappa shape index (κ3) is 4.23. The molecule has 1 saturated heterocycles. The average molecular weight is 352 g/mol. The number of nitrogens with one attached hydrogen (secondary N) is 1. The van der Waals surface area contributed by atoms with Crippen molar-refractivity contribution in [2.45, 2.75) is 19.8 Å².